The molecule has 1 saturated carbocycles. The van der Waals surface area contributed by atoms with E-state index in [4.69, 9.17) is 0 Å². The minimum Gasteiger partial charge on any atom is -0.368 e. The first-order chi connectivity index (χ1) is 10.2. The highest BCUT2D eigenvalue weighted by atomic mass is 35.5. The average Bonchev–Trinajstić information content (AvgIpc) is 2.97. The van der Waals surface area contributed by atoms with Crippen LogP contribution >= 0.6 is 12.4 Å². The lowest BCUT2D eigenvalue weighted by Crippen LogP contribution is -2.43. The van der Waals surface area contributed by atoms with Crippen molar-refractivity contribution in [1.29, 1.82) is 0 Å². The highest BCUT2D eigenvalue weighted by Crippen LogP contribution is 2.38. The minimum absolute atomic E-state index is 0. The number of amides is 1. The summed E-state index contributed by atoms with van der Waals surface area (Å²) in [4.78, 5) is 19.1. The topological polar surface area (TPSA) is 57.3 Å². The van der Waals surface area contributed by atoms with Crippen LogP contribution in [-0.4, -0.2) is 37.1 Å². The van der Waals surface area contributed by atoms with Gasteiger partial charge in [-0.1, -0.05) is 19.8 Å². The number of anilines is 2. The van der Waals surface area contributed by atoms with Crippen molar-refractivity contribution >= 4 is 29.8 Å². The molecule has 22 heavy (non-hydrogen) atoms. The maximum atomic E-state index is 12.4. The molecule has 0 radical (unpaired) electrons. The van der Waals surface area contributed by atoms with Gasteiger partial charge < -0.3 is 15.5 Å². The number of pyridine rings is 1. The predicted molar refractivity (Wildman–Crippen MR) is 91.8 cm³/mol. The van der Waals surface area contributed by atoms with E-state index in [-0.39, 0.29) is 23.7 Å². The zero-order valence-corrected chi connectivity index (χ0v) is 13.9. The van der Waals surface area contributed by atoms with Crippen LogP contribution in [0.1, 0.15) is 32.6 Å². The zero-order chi connectivity index (χ0) is 14.7. The van der Waals surface area contributed by atoms with E-state index in [2.05, 4.69) is 27.4 Å². The number of carbonyl (C=O) groups is 1. The van der Waals surface area contributed by atoms with E-state index in [1.54, 1.807) is 0 Å². The standard InChI is InChI=1S/C16H24N4O.ClH/c1-16(6-2-3-7-16)15(21)19-14-5-4-13(12-18-14)20-10-8-17-9-11-20;/h4-5,12,17H,2-3,6-11H2,1H3,(H,18,19,21);1H. The number of halogens is 1. The Kier molecular flexibility index (Phi) is 5.64. The Hall–Kier alpha value is -1.33. The third-order valence-electron chi connectivity index (χ3n) is 4.73. The number of hydrogen-bond acceptors (Lipinski definition) is 4. The highest BCUT2D eigenvalue weighted by molar-refractivity contribution is 5.94. The second-order valence-corrected chi connectivity index (χ2v) is 6.36. The Bertz CT molecular complexity index is 493. The first kappa shape index (κ1) is 17.0. The van der Waals surface area contributed by atoms with Gasteiger partial charge in [-0.3, -0.25) is 4.79 Å². The summed E-state index contributed by atoms with van der Waals surface area (Å²) in [6.45, 7) is 6.09. The fourth-order valence-electron chi connectivity index (χ4n) is 3.22. The number of hydrogen-bond donors (Lipinski definition) is 2. The van der Waals surface area contributed by atoms with Gasteiger partial charge in [-0.05, 0) is 25.0 Å². The van der Waals surface area contributed by atoms with E-state index >= 15 is 0 Å². The smallest absolute Gasteiger partial charge is 0.231 e. The van der Waals surface area contributed by atoms with Gasteiger partial charge in [0.05, 0.1) is 11.9 Å². The molecule has 1 aliphatic carbocycles. The molecule has 122 valence electrons. The molecular formula is C16H25ClN4O. The van der Waals surface area contributed by atoms with Crippen LogP contribution in [0.4, 0.5) is 11.5 Å². The van der Waals surface area contributed by atoms with E-state index < -0.39 is 0 Å². The SMILES string of the molecule is CC1(C(=O)Nc2ccc(N3CCNCC3)cn2)CCCC1.Cl. The first-order valence-corrected chi connectivity index (χ1v) is 7.91. The molecule has 2 aliphatic rings. The summed E-state index contributed by atoms with van der Waals surface area (Å²) in [6, 6.07) is 3.96. The number of carbonyl (C=O) groups excluding carboxylic acids is 1. The lowest BCUT2D eigenvalue weighted by Gasteiger charge is -2.29. The zero-order valence-electron chi connectivity index (χ0n) is 13.1. The van der Waals surface area contributed by atoms with Crippen LogP contribution in [0, 0.1) is 5.41 Å². The van der Waals surface area contributed by atoms with Crippen molar-refractivity contribution in [1.82, 2.24) is 10.3 Å². The fraction of sp³-hybridized carbons (Fsp3) is 0.625. The number of nitrogens with zero attached hydrogens (tertiary/aromatic N) is 2. The van der Waals surface area contributed by atoms with E-state index in [0.29, 0.717) is 5.82 Å². The van der Waals surface area contributed by atoms with Gasteiger partial charge in [0.15, 0.2) is 0 Å². The predicted octanol–water partition coefficient (Wildman–Crippen LogP) is 2.43. The number of piperazine rings is 1. The van der Waals surface area contributed by atoms with Crippen molar-refractivity contribution in [2.75, 3.05) is 36.4 Å². The molecule has 0 atom stereocenters. The Balaban J connectivity index is 0.00000176. The van der Waals surface area contributed by atoms with Crippen LogP contribution in [0.15, 0.2) is 18.3 Å². The van der Waals surface area contributed by atoms with E-state index in [1.165, 1.54) is 0 Å². The van der Waals surface area contributed by atoms with Gasteiger partial charge in [-0.25, -0.2) is 4.98 Å². The summed E-state index contributed by atoms with van der Waals surface area (Å²) in [7, 11) is 0. The van der Waals surface area contributed by atoms with Crippen molar-refractivity contribution in [3.8, 4) is 0 Å². The molecule has 0 spiro atoms. The molecule has 1 aromatic rings. The number of rotatable bonds is 3. The summed E-state index contributed by atoms with van der Waals surface area (Å²) in [5.74, 6) is 0.773. The van der Waals surface area contributed by atoms with Gasteiger partial charge in [0, 0.05) is 31.6 Å². The minimum atomic E-state index is -0.209. The van der Waals surface area contributed by atoms with E-state index in [0.717, 1.165) is 57.5 Å². The third kappa shape index (κ3) is 3.70. The van der Waals surface area contributed by atoms with E-state index in [9.17, 15) is 4.79 Å². The fourth-order valence-corrected chi connectivity index (χ4v) is 3.22. The molecule has 0 aromatic carbocycles. The molecule has 1 amide bonds. The van der Waals surface area contributed by atoms with Crippen LogP contribution in [0.25, 0.3) is 0 Å². The van der Waals surface area contributed by atoms with Gasteiger partial charge in [0.1, 0.15) is 5.82 Å². The van der Waals surface area contributed by atoms with Crippen LogP contribution in [0.3, 0.4) is 0 Å². The van der Waals surface area contributed by atoms with Crippen LogP contribution in [0.2, 0.25) is 0 Å². The summed E-state index contributed by atoms with van der Waals surface area (Å²) >= 11 is 0. The molecule has 0 unspecified atom stereocenters. The lowest BCUT2D eigenvalue weighted by molar-refractivity contribution is -0.124. The van der Waals surface area contributed by atoms with Crippen molar-refractivity contribution in [3.63, 3.8) is 0 Å². The molecule has 2 fully saturated rings. The van der Waals surface area contributed by atoms with Crippen molar-refractivity contribution < 1.29 is 4.79 Å². The maximum absolute atomic E-state index is 12.4. The quantitative estimate of drug-likeness (QED) is 0.896. The number of nitrogens with one attached hydrogen (secondary N) is 2. The summed E-state index contributed by atoms with van der Waals surface area (Å²) in [5.41, 5.74) is 0.917. The second-order valence-electron chi connectivity index (χ2n) is 6.36. The molecule has 1 aliphatic heterocycles. The summed E-state index contributed by atoms with van der Waals surface area (Å²) in [6.07, 6.45) is 6.13. The molecule has 1 aromatic heterocycles. The van der Waals surface area contributed by atoms with Gasteiger partial charge in [-0.15, -0.1) is 12.4 Å². The maximum Gasteiger partial charge on any atom is 0.231 e. The third-order valence-corrected chi connectivity index (χ3v) is 4.73. The van der Waals surface area contributed by atoms with Gasteiger partial charge in [0.25, 0.3) is 0 Å². The van der Waals surface area contributed by atoms with Crippen LogP contribution < -0.4 is 15.5 Å². The molecule has 2 heterocycles. The molecule has 6 heteroatoms. The second kappa shape index (κ2) is 7.29. The molecule has 2 N–H and O–H groups in total. The van der Waals surface area contributed by atoms with Gasteiger partial charge in [0.2, 0.25) is 5.91 Å². The summed E-state index contributed by atoms with van der Waals surface area (Å²) in [5, 5.41) is 6.31. The molecular weight excluding hydrogens is 300 g/mol. The Morgan fingerprint density at radius 3 is 2.55 bits per heavy atom. The molecule has 5 nitrogen and oxygen atoms in total. The van der Waals surface area contributed by atoms with Crippen molar-refractivity contribution in [3.05, 3.63) is 18.3 Å². The Morgan fingerprint density at radius 2 is 1.95 bits per heavy atom. The molecule has 0 bridgehead atoms. The van der Waals surface area contributed by atoms with E-state index in [1.807, 2.05) is 18.3 Å². The summed E-state index contributed by atoms with van der Waals surface area (Å²) < 4.78 is 0. The lowest BCUT2D eigenvalue weighted by atomic mass is 9.88. The Labute approximate surface area is 138 Å². The van der Waals surface area contributed by atoms with Crippen LogP contribution in [-0.2, 0) is 4.79 Å². The number of aromatic nitrogens is 1. The largest absolute Gasteiger partial charge is 0.368 e. The highest BCUT2D eigenvalue weighted by Gasteiger charge is 2.36. The normalized spacial score (nSPS) is 20.3. The van der Waals surface area contributed by atoms with Crippen LogP contribution in [0.5, 0.6) is 0 Å². The average molecular weight is 325 g/mol. The monoisotopic (exact) mass is 324 g/mol. The Morgan fingerprint density at radius 1 is 1.27 bits per heavy atom. The molecule has 1 saturated heterocycles. The van der Waals surface area contributed by atoms with Crippen molar-refractivity contribution in [2.24, 2.45) is 5.41 Å². The van der Waals surface area contributed by atoms with Crippen molar-refractivity contribution in [2.45, 2.75) is 32.6 Å². The van der Waals surface area contributed by atoms with Gasteiger partial charge >= 0.3 is 0 Å². The first-order valence-electron chi connectivity index (χ1n) is 7.91. The molecule has 3 rings (SSSR count). The van der Waals surface area contributed by atoms with Gasteiger partial charge in [-0.2, -0.15) is 0 Å².